The minimum Gasteiger partial charge on any atom is -0.497 e. The number of carbonyl (C=O) groups excluding carboxylic acids is 1. The first kappa shape index (κ1) is 20.5. The van der Waals surface area contributed by atoms with Gasteiger partial charge in [-0.05, 0) is 57.4 Å². The Hall–Kier alpha value is -2.28. The topological polar surface area (TPSA) is 60.2 Å². The van der Waals surface area contributed by atoms with Gasteiger partial charge in [0.15, 0.2) is 11.0 Å². The lowest BCUT2D eigenvalue weighted by Crippen LogP contribution is -2.48. The Labute approximate surface area is 171 Å². The SMILES string of the molecule is C=CCn1c(SCC(=O)N2[C@H](C)CCC[C@@H]2C)nnc1-c1ccc(OC)cc1. The van der Waals surface area contributed by atoms with E-state index in [1.165, 1.54) is 18.2 Å². The van der Waals surface area contributed by atoms with Crippen molar-refractivity contribution < 1.29 is 9.53 Å². The first-order valence-electron chi connectivity index (χ1n) is 9.67. The van der Waals surface area contributed by atoms with Gasteiger partial charge in [-0.2, -0.15) is 0 Å². The minimum absolute atomic E-state index is 0.170. The molecule has 1 aliphatic rings. The van der Waals surface area contributed by atoms with Crippen LogP contribution in [0.1, 0.15) is 33.1 Å². The van der Waals surface area contributed by atoms with E-state index in [1.54, 1.807) is 7.11 Å². The summed E-state index contributed by atoms with van der Waals surface area (Å²) in [5.74, 6) is 2.09. The molecule has 0 bridgehead atoms. The maximum atomic E-state index is 12.8. The Bertz CT molecular complexity index is 808. The highest BCUT2D eigenvalue weighted by Crippen LogP contribution is 2.28. The van der Waals surface area contributed by atoms with E-state index in [-0.39, 0.29) is 5.91 Å². The van der Waals surface area contributed by atoms with Crippen molar-refractivity contribution in [1.29, 1.82) is 0 Å². The molecule has 0 unspecified atom stereocenters. The van der Waals surface area contributed by atoms with Gasteiger partial charge in [0, 0.05) is 24.2 Å². The molecule has 150 valence electrons. The standard InChI is InChI=1S/C21H28N4O2S/c1-5-13-24-20(17-9-11-18(27-4)12-10-17)22-23-21(24)28-14-19(26)25-15(2)7-6-8-16(25)3/h5,9-12,15-16H,1,6-8,13-14H2,2-4H3/t15-,16+. The van der Waals surface area contributed by atoms with Crippen LogP contribution in [0.25, 0.3) is 11.4 Å². The molecule has 2 aromatic rings. The molecule has 6 nitrogen and oxygen atoms in total. The normalized spacial score (nSPS) is 19.5. The molecule has 0 saturated carbocycles. The quantitative estimate of drug-likeness (QED) is 0.519. The fourth-order valence-electron chi connectivity index (χ4n) is 3.76. The molecule has 0 aliphatic carbocycles. The molecular formula is C21H28N4O2S. The fraction of sp³-hybridized carbons (Fsp3) is 0.476. The van der Waals surface area contributed by atoms with E-state index in [1.807, 2.05) is 39.8 Å². The lowest BCUT2D eigenvalue weighted by atomic mass is 9.98. The number of ether oxygens (including phenoxy) is 1. The van der Waals surface area contributed by atoms with E-state index in [0.29, 0.717) is 24.4 Å². The van der Waals surface area contributed by atoms with Crippen molar-refractivity contribution in [2.24, 2.45) is 0 Å². The highest BCUT2D eigenvalue weighted by atomic mass is 32.2. The van der Waals surface area contributed by atoms with Gasteiger partial charge < -0.3 is 9.64 Å². The summed E-state index contributed by atoms with van der Waals surface area (Å²) >= 11 is 1.44. The van der Waals surface area contributed by atoms with E-state index < -0.39 is 0 Å². The van der Waals surface area contributed by atoms with Gasteiger partial charge in [-0.15, -0.1) is 16.8 Å². The van der Waals surface area contributed by atoms with Crippen LogP contribution in [0.5, 0.6) is 5.75 Å². The van der Waals surface area contributed by atoms with Gasteiger partial charge in [0.05, 0.1) is 12.9 Å². The Kier molecular flexibility index (Phi) is 6.78. The summed E-state index contributed by atoms with van der Waals surface area (Å²) in [5.41, 5.74) is 0.951. The van der Waals surface area contributed by atoms with Crippen LogP contribution < -0.4 is 4.74 Å². The molecule has 1 amide bonds. The van der Waals surface area contributed by atoms with E-state index in [9.17, 15) is 4.79 Å². The second-order valence-corrected chi connectivity index (χ2v) is 8.10. The number of nitrogens with zero attached hydrogens (tertiary/aromatic N) is 4. The number of benzene rings is 1. The van der Waals surface area contributed by atoms with E-state index in [4.69, 9.17) is 4.74 Å². The van der Waals surface area contributed by atoms with Crippen LogP contribution >= 0.6 is 11.8 Å². The van der Waals surface area contributed by atoms with Crippen molar-refractivity contribution in [1.82, 2.24) is 19.7 Å². The molecule has 1 aromatic carbocycles. The molecule has 3 rings (SSSR count). The number of aromatic nitrogens is 3. The van der Waals surface area contributed by atoms with Crippen LogP contribution in [0.3, 0.4) is 0 Å². The van der Waals surface area contributed by atoms with Crippen molar-refractivity contribution >= 4 is 17.7 Å². The smallest absolute Gasteiger partial charge is 0.233 e. The predicted molar refractivity (Wildman–Crippen MR) is 113 cm³/mol. The number of hydrogen-bond donors (Lipinski definition) is 0. The molecule has 2 heterocycles. The maximum Gasteiger partial charge on any atom is 0.233 e. The average molecular weight is 401 g/mol. The average Bonchev–Trinajstić information content (AvgIpc) is 3.09. The van der Waals surface area contributed by atoms with Crippen molar-refractivity contribution in [3.8, 4) is 17.1 Å². The molecule has 1 aliphatic heterocycles. The molecule has 7 heteroatoms. The van der Waals surface area contributed by atoms with Gasteiger partial charge >= 0.3 is 0 Å². The Morgan fingerprint density at radius 3 is 2.54 bits per heavy atom. The lowest BCUT2D eigenvalue weighted by Gasteiger charge is -2.39. The number of rotatable bonds is 7. The second kappa shape index (κ2) is 9.28. The molecule has 1 aromatic heterocycles. The van der Waals surface area contributed by atoms with E-state index in [0.717, 1.165) is 35.1 Å². The van der Waals surface area contributed by atoms with Crippen molar-refractivity contribution in [3.63, 3.8) is 0 Å². The first-order valence-corrected chi connectivity index (χ1v) is 10.7. The number of thioether (sulfide) groups is 1. The zero-order chi connectivity index (χ0) is 20.1. The number of carbonyl (C=O) groups is 1. The lowest BCUT2D eigenvalue weighted by molar-refractivity contribution is -0.134. The molecule has 0 radical (unpaired) electrons. The van der Waals surface area contributed by atoms with Crippen molar-refractivity contribution in [2.45, 2.75) is 56.9 Å². The van der Waals surface area contributed by atoms with Crippen LogP contribution in [-0.2, 0) is 11.3 Å². The van der Waals surface area contributed by atoms with Gasteiger partial charge in [-0.25, -0.2) is 0 Å². The van der Waals surface area contributed by atoms with Gasteiger partial charge in [0.1, 0.15) is 5.75 Å². The van der Waals surface area contributed by atoms with Gasteiger partial charge in [0.2, 0.25) is 5.91 Å². The monoisotopic (exact) mass is 400 g/mol. The van der Waals surface area contributed by atoms with Crippen molar-refractivity contribution in [3.05, 3.63) is 36.9 Å². The van der Waals surface area contributed by atoms with E-state index >= 15 is 0 Å². The highest BCUT2D eigenvalue weighted by Gasteiger charge is 2.29. The van der Waals surface area contributed by atoms with Crippen LogP contribution in [0.2, 0.25) is 0 Å². The summed E-state index contributed by atoms with van der Waals surface area (Å²) in [5, 5.41) is 9.43. The predicted octanol–water partition coefficient (Wildman–Crippen LogP) is 4.02. The molecule has 2 atom stereocenters. The Morgan fingerprint density at radius 2 is 1.93 bits per heavy atom. The van der Waals surface area contributed by atoms with Crippen molar-refractivity contribution in [2.75, 3.05) is 12.9 Å². The largest absolute Gasteiger partial charge is 0.497 e. The van der Waals surface area contributed by atoms with E-state index in [2.05, 4.69) is 30.6 Å². The fourth-order valence-corrected chi connectivity index (χ4v) is 4.57. The van der Waals surface area contributed by atoms with Gasteiger partial charge in [-0.3, -0.25) is 9.36 Å². The maximum absolute atomic E-state index is 12.8. The minimum atomic E-state index is 0.170. The molecule has 1 saturated heterocycles. The van der Waals surface area contributed by atoms with Crippen LogP contribution in [0.15, 0.2) is 42.1 Å². The number of allylic oxidation sites excluding steroid dienone is 1. The van der Waals surface area contributed by atoms with Gasteiger partial charge in [0.25, 0.3) is 0 Å². The molecule has 1 fully saturated rings. The highest BCUT2D eigenvalue weighted by molar-refractivity contribution is 7.99. The molecule has 28 heavy (non-hydrogen) atoms. The summed E-state index contributed by atoms with van der Waals surface area (Å²) in [4.78, 5) is 14.9. The molecular weight excluding hydrogens is 372 g/mol. The summed E-state index contributed by atoms with van der Waals surface area (Å²) in [6.45, 7) is 8.71. The molecule has 0 N–H and O–H groups in total. The summed E-state index contributed by atoms with van der Waals surface area (Å²) in [6, 6.07) is 8.32. The third kappa shape index (κ3) is 4.41. The number of likely N-dealkylation sites (tertiary alicyclic amines) is 1. The zero-order valence-corrected chi connectivity index (χ0v) is 17.6. The second-order valence-electron chi connectivity index (χ2n) is 7.15. The number of methoxy groups -OCH3 is 1. The number of hydrogen-bond acceptors (Lipinski definition) is 5. The third-order valence-electron chi connectivity index (χ3n) is 5.18. The zero-order valence-electron chi connectivity index (χ0n) is 16.8. The summed E-state index contributed by atoms with van der Waals surface area (Å²) in [6.07, 6.45) is 5.17. The molecule has 0 spiro atoms. The Morgan fingerprint density at radius 1 is 1.25 bits per heavy atom. The first-order chi connectivity index (χ1) is 13.5. The number of piperidine rings is 1. The van der Waals surface area contributed by atoms with Crippen LogP contribution in [0, 0.1) is 0 Å². The summed E-state index contributed by atoms with van der Waals surface area (Å²) in [7, 11) is 1.64. The third-order valence-corrected chi connectivity index (χ3v) is 6.13. The van der Waals surface area contributed by atoms with Gasteiger partial charge in [-0.1, -0.05) is 17.8 Å². The van der Waals surface area contributed by atoms with Crippen LogP contribution in [-0.4, -0.2) is 50.5 Å². The number of amides is 1. The summed E-state index contributed by atoms with van der Waals surface area (Å²) < 4.78 is 7.22. The van der Waals surface area contributed by atoms with Crippen LogP contribution in [0.4, 0.5) is 0 Å². The Balaban J connectivity index is 1.75.